The lowest BCUT2D eigenvalue weighted by molar-refractivity contribution is 0.0322. The van der Waals surface area contributed by atoms with Crippen molar-refractivity contribution < 1.29 is 14.6 Å². The molecule has 1 N–H and O–H groups in total. The van der Waals surface area contributed by atoms with Gasteiger partial charge in [-0.25, -0.2) is 4.98 Å². The Kier molecular flexibility index (Phi) is 4.86. The number of aromatic nitrogens is 1. The average molecular weight is 262 g/mol. The van der Waals surface area contributed by atoms with E-state index in [-0.39, 0.29) is 13.2 Å². The van der Waals surface area contributed by atoms with Crippen LogP contribution in [0.3, 0.4) is 0 Å². The summed E-state index contributed by atoms with van der Waals surface area (Å²) < 4.78 is 10.7. The Balaban J connectivity index is 2.41. The molecule has 1 rings (SSSR count). The van der Waals surface area contributed by atoms with Crippen molar-refractivity contribution in [3.8, 4) is 5.75 Å². The normalized spacial score (nSPS) is 12.5. The van der Waals surface area contributed by atoms with Crippen molar-refractivity contribution in [3.63, 3.8) is 0 Å². The van der Waals surface area contributed by atoms with Gasteiger partial charge in [-0.1, -0.05) is 0 Å². The van der Waals surface area contributed by atoms with Gasteiger partial charge in [-0.2, -0.15) is 0 Å². The lowest BCUT2D eigenvalue weighted by atomic mass is 10.4. The first kappa shape index (κ1) is 11.4. The molecule has 0 spiro atoms. The Bertz CT molecular complexity index is 283. The van der Waals surface area contributed by atoms with E-state index in [1.807, 2.05) is 0 Å². The Hall–Kier alpha value is -0.650. The van der Waals surface area contributed by atoms with Crippen LogP contribution >= 0.6 is 15.9 Å². The molecule has 4 nitrogen and oxygen atoms in total. The van der Waals surface area contributed by atoms with E-state index in [9.17, 15) is 5.11 Å². The van der Waals surface area contributed by atoms with E-state index in [0.717, 1.165) is 0 Å². The summed E-state index contributed by atoms with van der Waals surface area (Å²) in [5.41, 5.74) is 0. The maximum atomic E-state index is 9.32. The van der Waals surface area contributed by atoms with Crippen molar-refractivity contribution in [2.75, 3.05) is 20.3 Å². The van der Waals surface area contributed by atoms with Gasteiger partial charge in [0.25, 0.3) is 0 Å². The number of methoxy groups -OCH3 is 1. The maximum Gasteiger partial charge on any atom is 0.152 e. The van der Waals surface area contributed by atoms with Crippen molar-refractivity contribution in [3.05, 3.63) is 22.9 Å². The van der Waals surface area contributed by atoms with E-state index in [1.165, 1.54) is 7.11 Å². The summed E-state index contributed by atoms with van der Waals surface area (Å²) in [6, 6.07) is 3.54. The van der Waals surface area contributed by atoms with Gasteiger partial charge in [0.05, 0.1) is 6.61 Å². The molecule has 0 aliphatic rings. The van der Waals surface area contributed by atoms with Crippen LogP contribution in [0.4, 0.5) is 0 Å². The quantitative estimate of drug-likeness (QED) is 0.811. The summed E-state index contributed by atoms with van der Waals surface area (Å²) in [7, 11) is 1.53. The van der Waals surface area contributed by atoms with Crippen molar-refractivity contribution in [1.82, 2.24) is 4.98 Å². The molecule has 0 aliphatic carbocycles. The van der Waals surface area contributed by atoms with Crippen LogP contribution in [0.1, 0.15) is 0 Å². The van der Waals surface area contributed by atoms with Crippen molar-refractivity contribution >= 4 is 15.9 Å². The third kappa shape index (κ3) is 3.61. The minimum absolute atomic E-state index is 0.193. The number of aliphatic hydroxyl groups is 1. The van der Waals surface area contributed by atoms with Crippen molar-refractivity contribution in [2.24, 2.45) is 0 Å². The smallest absolute Gasteiger partial charge is 0.152 e. The summed E-state index contributed by atoms with van der Waals surface area (Å²) in [4.78, 5) is 3.98. The van der Waals surface area contributed by atoms with Crippen LogP contribution in [0.2, 0.25) is 0 Å². The van der Waals surface area contributed by atoms with Gasteiger partial charge >= 0.3 is 0 Å². The van der Waals surface area contributed by atoms with Crippen LogP contribution in [0.15, 0.2) is 22.9 Å². The van der Waals surface area contributed by atoms with Crippen LogP contribution in [0.5, 0.6) is 5.75 Å². The molecule has 0 amide bonds. The predicted octanol–water partition coefficient (Wildman–Crippen LogP) is 1.23. The van der Waals surface area contributed by atoms with E-state index in [4.69, 9.17) is 9.47 Å². The number of pyridine rings is 1. The SMILES string of the molecule is COC[C@@H](O)COc1cccnc1Br. The van der Waals surface area contributed by atoms with Crippen LogP contribution in [0.25, 0.3) is 0 Å². The molecule has 0 fully saturated rings. The molecule has 0 saturated carbocycles. The Morgan fingerprint density at radius 2 is 2.36 bits per heavy atom. The van der Waals surface area contributed by atoms with Crippen molar-refractivity contribution in [1.29, 1.82) is 0 Å². The fraction of sp³-hybridized carbons (Fsp3) is 0.444. The van der Waals surface area contributed by atoms with Gasteiger partial charge in [0.1, 0.15) is 17.3 Å². The zero-order valence-corrected chi connectivity index (χ0v) is 9.40. The molecule has 1 aromatic rings. The van der Waals surface area contributed by atoms with Gasteiger partial charge in [0.2, 0.25) is 0 Å². The number of nitrogens with zero attached hydrogens (tertiary/aromatic N) is 1. The molecular formula is C9H12BrNO3. The highest BCUT2D eigenvalue weighted by Crippen LogP contribution is 2.20. The molecule has 0 bridgehead atoms. The lowest BCUT2D eigenvalue weighted by Gasteiger charge is -2.11. The minimum Gasteiger partial charge on any atom is -0.488 e. The minimum atomic E-state index is -0.618. The Labute approximate surface area is 91.0 Å². The van der Waals surface area contributed by atoms with Gasteiger partial charge in [-0.05, 0) is 28.1 Å². The molecule has 0 saturated heterocycles. The predicted molar refractivity (Wildman–Crippen MR) is 55.3 cm³/mol. The number of ether oxygens (including phenoxy) is 2. The van der Waals surface area contributed by atoms with E-state index in [0.29, 0.717) is 10.4 Å². The average Bonchev–Trinajstić information content (AvgIpc) is 2.17. The van der Waals surface area contributed by atoms with E-state index in [1.54, 1.807) is 18.3 Å². The Morgan fingerprint density at radius 1 is 1.57 bits per heavy atom. The molecule has 1 heterocycles. The number of rotatable bonds is 5. The summed E-state index contributed by atoms with van der Waals surface area (Å²) in [5, 5.41) is 9.32. The van der Waals surface area contributed by atoms with E-state index in [2.05, 4.69) is 20.9 Å². The number of aliphatic hydroxyl groups excluding tert-OH is 1. The van der Waals surface area contributed by atoms with Gasteiger partial charge in [-0.15, -0.1) is 0 Å². The van der Waals surface area contributed by atoms with Crippen LogP contribution < -0.4 is 4.74 Å². The van der Waals surface area contributed by atoms with E-state index < -0.39 is 6.10 Å². The monoisotopic (exact) mass is 261 g/mol. The van der Waals surface area contributed by atoms with Gasteiger partial charge < -0.3 is 14.6 Å². The molecule has 0 unspecified atom stereocenters. The molecule has 5 heteroatoms. The zero-order chi connectivity index (χ0) is 10.4. The molecule has 0 aromatic carbocycles. The maximum absolute atomic E-state index is 9.32. The second-order valence-electron chi connectivity index (χ2n) is 2.71. The van der Waals surface area contributed by atoms with Crippen molar-refractivity contribution in [2.45, 2.75) is 6.10 Å². The molecule has 0 radical (unpaired) electrons. The first-order valence-electron chi connectivity index (χ1n) is 4.14. The first-order chi connectivity index (χ1) is 6.74. The highest BCUT2D eigenvalue weighted by molar-refractivity contribution is 9.10. The number of halogens is 1. The lowest BCUT2D eigenvalue weighted by Crippen LogP contribution is -2.22. The standard InChI is InChI=1S/C9H12BrNO3/c1-13-5-7(12)6-14-8-3-2-4-11-9(8)10/h2-4,7,12H,5-6H2,1H3/t7-/m1/s1. The third-order valence-corrected chi connectivity index (χ3v) is 2.11. The third-order valence-electron chi connectivity index (χ3n) is 1.52. The summed E-state index contributed by atoms with van der Waals surface area (Å²) in [6.07, 6.45) is 1.04. The van der Waals surface area contributed by atoms with Gasteiger partial charge in [0.15, 0.2) is 5.75 Å². The first-order valence-corrected chi connectivity index (χ1v) is 4.93. The Morgan fingerprint density at radius 3 is 3.00 bits per heavy atom. The number of hydrogen-bond donors (Lipinski definition) is 1. The molecule has 1 atom stereocenters. The topological polar surface area (TPSA) is 51.6 Å². The molecule has 78 valence electrons. The van der Waals surface area contributed by atoms with Crippen LogP contribution in [-0.2, 0) is 4.74 Å². The fourth-order valence-corrected chi connectivity index (χ4v) is 1.27. The highest BCUT2D eigenvalue weighted by Gasteiger charge is 2.06. The van der Waals surface area contributed by atoms with Crippen LogP contribution in [-0.4, -0.2) is 36.5 Å². The molecular weight excluding hydrogens is 250 g/mol. The zero-order valence-electron chi connectivity index (χ0n) is 7.81. The second-order valence-corrected chi connectivity index (χ2v) is 3.46. The summed E-state index contributed by atoms with van der Waals surface area (Å²) in [6.45, 7) is 0.454. The summed E-state index contributed by atoms with van der Waals surface area (Å²) >= 11 is 3.24. The van der Waals surface area contributed by atoms with Gasteiger partial charge in [0, 0.05) is 13.3 Å². The second kappa shape index (κ2) is 5.95. The molecule has 0 aliphatic heterocycles. The molecule has 1 aromatic heterocycles. The molecule has 14 heavy (non-hydrogen) atoms. The summed E-state index contributed by atoms with van der Waals surface area (Å²) in [5.74, 6) is 0.614. The van der Waals surface area contributed by atoms with Gasteiger partial charge in [-0.3, -0.25) is 0 Å². The largest absolute Gasteiger partial charge is 0.488 e. The van der Waals surface area contributed by atoms with E-state index >= 15 is 0 Å². The fourth-order valence-electron chi connectivity index (χ4n) is 0.905. The van der Waals surface area contributed by atoms with Crippen LogP contribution in [0, 0.1) is 0 Å². The highest BCUT2D eigenvalue weighted by atomic mass is 79.9. The number of hydrogen-bond acceptors (Lipinski definition) is 4.